The number of hydroxylamine groups is 2. The van der Waals surface area contributed by atoms with Gasteiger partial charge in [0.25, 0.3) is 0 Å². The molecule has 23 heavy (non-hydrogen) atoms. The Labute approximate surface area is 138 Å². The molecule has 8 nitrogen and oxygen atoms in total. The SMILES string of the molecule is CCOP(=O)(C[C@H]1C[C@H](P(=O)(OCC)OCC)N(C)O1)OCC. The van der Waals surface area contributed by atoms with Crippen LogP contribution in [0.4, 0.5) is 0 Å². The molecule has 1 saturated heterocycles. The van der Waals surface area contributed by atoms with Gasteiger partial charge in [0, 0.05) is 13.5 Å². The Kier molecular flexibility index (Phi) is 8.91. The highest BCUT2D eigenvalue weighted by molar-refractivity contribution is 7.54. The fourth-order valence-corrected chi connectivity index (χ4v) is 6.39. The van der Waals surface area contributed by atoms with Gasteiger partial charge < -0.3 is 18.1 Å². The maximum Gasteiger partial charge on any atom is 0.350 e. The van der Waals surface area contributed by atoms with Gasteiger partial charge in [-0.05, 0) is 27.7 Å². The molecule has 1 aliphatic heterocycles. The van der Waals surface area contributed by atoms with Crippen molar-refractivity contribution >= 4 is 15.2 Å². The van der Waals surface area contributed by atoms with E-state index in [4.69, 9.17) is 22.9 Å². The lowest BCUT2D eigenvalue weighted by atomic mass is 10.3. The van der Waals surface area contributed by atoms with Crippen LogP contribution in [0.3, 0.4) is 0 Å². The van der Waals surface area contributed by atoms with Crippen LogP contribution in [0.1, 0.15) is 34.1 Å². The lowest BCUT2D eigenvalue weighted by molar-refractivity contribution is -0.129. The second-order valence-corrected chi connectivity index (χ2v) is 9.29. The van der Waals surface area contributed by atoms with Gasteiger partial charge in [0.15, 0.2) is 0 Å². The molecule has 0 aliphatic carbocycles. The molecule has 0 aromatic rings. The summed E-state index contributed by atoms with van der Waals surface area (Å²) in [5, 5.41) is 1.47. The van der Waals surface area contributed by atoms with Gasteiger partial charge in [-0.1, -0.05) is 0 Å². The molecule has 2 atom stereocenters. The molecule has 0 saturated carbocycles. The first-order valence-electron chi connectivity index (χ1n) is 8.00. The van der Waals surface area contributed by atoms with Gasteiger partial charge in [0.2, 0.25) is 0 Å². The molecule has 0 aromatic heterocycles. The third kappa shape index (κ3) is 5.91. The van der Waals surface area contributed by atoms with E-state index >= 15 is 0 Å². The van der Waals surface area contributed by atoms with Crippen molar-refractivity contribution in [1.82, 2.24) is 5.06 Å². The van der Waals surface area contributed by atoms with Crippen LogP contribution in [0, 0.1) is 0 Å². The highest BCUT2D eigenvalue weighted by Crippen LogP contribution is 2.59. The third-order valence-electron chi connectivity index (χ3n) is 3.27. The molecule has 10 heteroatoms. The standard InChI is InChI=1S/C13H29NO7P2/c1-6-17-22(15,18-7-2)11-12-10-13(14(5)21-12)23(16,19-8-3)20-9-4/h12-13H,6-11H2,1-5H3/t12-,13+/m1/s1. The Morgan fingerprint density at radius 1 is 0.957 bits per heavy atom. The largest absolute Gasteiger partial charge is 0.350 e. The summed E-state index contributed by atoms with van der Waals surface area (Å²) in [5.74, 6) is -0.538. The van der Waals surface area contributed by atoms with Crippen LogP contribution < -0.4 is 0 Å². The zero-order valence-corrected chi connectivity index (χ0v) is 16.4. The van der Waals surface area contributed by atoms with Crippen LogP contribution in [0.15, 0.2) is 0 Å². The fourth-order valence-electron chi connectivity index (χ4n) is 2.52. The van der Waals surface area contributed by atoms with E-state index in [2.05, 4.69) is 0 Å². The van der Waals surface area contributed by atoms with E-state index in [9.17, 15) is 9.13 Å². The zero-order valence-electron chi connectivity index (χ0n) is 14.6. The van der Waals surface area contributed by atoms with E-state index in [1.807, 2.05) is 0 Å². The summed E-state index contributed by atoms with van der Waals surface area (Å²) in [6.07, 6.45) is 0.0502. The fraction of sp³-hybridized carbons (Fsp3) is 1.00. The van der Waals surface area contributed by atoms with Gasteiger partial charge in [0.05, 0.1) is 38.7 Å². The van der Waals surface area contributed by atoms with Crippen LogP contribution in [0.25, 0.3) is 0 Å². The summed E-state index contributed by atoms with van der Waals surface area (Å²) in [6.45, 7) is 8.18. The molecule has 1 rings (SSSR count). The molecule has 1 fully saturated rings. The molecule has 0 spiro atoms. The maximum absolute atomic E-state index is 12.9. The maximum atomic E-state index is 12.9. The first-order valence-corrected chi connectivity index (χ1v) is 11.3. The molecule has 0 aromatic carbocycles. The minimum atomic E-state index is -3.33. The summed E-state index contributed by atoms with van der Waals surface area (Å²) in [7, 11) is -4.89. The van der Waals surface area contributed by atoms with Crippen LogP contribution >= 0.6 is 15.2 Å². The Balaban J connectivity index is 2.80. The number of hydrogen-bond donors (Lipinski definition) is 0. The van der Waals surface area contributed by atoms with Gasteiger partial charge in [-0.3, -0.25) is 14.0 Å². The van der Waals surface area contributed by atoms with E-state index in [1.54, 1.807) is 34.7 Å². The minimum absolute atomic E-state index is 0.105. The van der Waals surface area contributed by atoms with Crippen molar-refractivity contribution in [1.29, 1.82) is 0 Å². The van der Waals surface area contributed by atoms with Gasteiger partial charge >= 0.3 is 15.2 Å². The third-order valence-corrected chi connectivity index (χ3v) is 7.93. The zero-order chi connectivity index (χ0) is 17.5. The average Bonchev–Trinajstić information content (AvgIpc) is 2.80. The second kappa shape index (κ2) is 9.64. The van der Waals surface area contributed by atoms with Crippen molar-refractivity contribution in [3.63, 3.8) is 0 Å². The van der Waals surface area contributed by atoms with Crippen molar-refractivity contribution in [3.8, 4) is 0 Å². The van der Waals surface area contributed by atoms with Crippen molar-refractivity contribution < 1.29 is 32.1 Å². The Hall–Kier alpha value is 0.220. The Morgan fingerprint density at radius 2 is 1.43 bits per heavy atom. The van der Waals surface area contributed by atoms with Gasteiger partial charge in [-0.25, -0.2) is 0 Å². The van der Waals surface area contributed by atoms with Crippen molar-refractivity contribution in [2.45, 2.75) is 46.0 Å². The first kappa shape index (κ1) is 21.3. The normalized spacial score (nSPS) is 23.5. The topological polar surface area (TPSA) is 83.5 Å². The van der Waals surface area contributed by atoms with Crippen LogP contribution in [0.2, 0.25) is 0 Å². The quantitative estimate of drug-likeness (QED) is 0.509. The van der Waals surface area contributed by atoms with Gasteiger partial charge in [-0.2, -0.15) is 5.06 Å². The molecular weight excluding hydrogens is 344 g/mol. The van der Waals surface area contributed by atoms with Crippen LogP contribution in [-0.4, -0.2) is 56.6 Å². The van der Waals surface area contributed by atoms with Gasteiger partial charge in [0.1, 0.15) is 5.78 Å². The highest BCUT2D eigenvalue weighted by Gasteiger charge is 2.47. The van der Waals surface area contributed by atoms with Crippen molar-refractivity contribution in [2.75, 3.05) is 39.6 Å². The molecule has 0 N–H and O–H groups in total. The monoisotopic (exact) mass is 373 g/mol. The van der Waals surface area contributed by atoms with E-state index in [1.165, 1.54) is 5.06 Å². The van der Waals surface area contributed by atoms with Crippen LogP contribution in [-0.2, 0) is 32.1 Å². The lowest BCUT2D eigenvalue weighted by Gasteiger charge is -2.25. The lowest BCUT2D eigenvalue weighted by Crippen LogP contribution is -2.25. The smallest absolute Gasteiger partial charge is 0.309 e. The van der Waals surface area contributed by atoms with Crippen LogP contribution in [0.5, 0.6) is 0 Å². The first-order chi connectivity index (χ1) is 10.8. The molecule has 0 bridgehead atoms. The second-order valence-electron chi connectivity index (χ2n) is 4.99. The van der Waals surface area contributed by atoms with E-state index < -0.39 is 27.1 Å². The Morgan fingerprint density at radius 3 is 1.87 bits per heavy atom. The van der Waals surface area contributed by atoms with E-state index in [0.717, 1.165) is 0 Å². The molecular formula is C13H29NO7P2. The summed E-state index contributed by atoms with van der Waals surface area (Å²) in [5.41, 5.74) is 0. The molecule has 0 radical (unpaired) electrons. The Bertz CT molecular complexity index is 428. The minimum Gasteiger partial charge on any atom is -0.309 e. The predicted molar refractivity (Wildman–Crippen MR) is 87.6 cm³/mol. The van der Waals surface area contributed by atoms with Crippen molar-refractivity contribution in [2.24, 2.45) is 0 Å². The molecule has 0 unspecified atom stereocenters. The average molecular weight is 373 g/mol. The summed E-state index contributed by atoms with van der Waals surface area (Å²) in [6, 6.07) is 0. The molecule has 138 valence electrons. The summed E-state index contributed by atoms with van der Waals surface area (Å²) in [4.78, 5) is 5.67. The predicted octanol–water partition coefficient (Wildman–Crippen LogP) is 3.48. The number of nitrogens with zero attached hydrogens (tertiary/aromatic N) is 1. The summed E-state index contributed by atoms with van der Waals surface area (Å²) >= 11 is 0. The molecule has 1 heterocycles. The van der Waals surface area contributed by atoms with Crippen molar-refractivity contribution in [3.05, 3.63) is 0 Å². The van der Waals surface area contributed by atoms with E-state index in [0.29, 0.717) is 19.6 Å². The summed E-state index contributed by atoms with van der Waals surface area (Å²) < 4.78 is 46.8. The number of hydrogen-bond acceptors (Lipinski definition) is 8. The number of rotatable bonds is 11. The van der Waals surface area contributed by atoms with Gasteiger partial charge in [-0.15, -0.1) is 0 Å². The highest BCUT2D eigenvalue weighted by atomic mass is 31.2. The molecule has 0 amide bonds. The molecule has 1 aliphatic rings. The van der Waals surface area contributed by atoms with E-state index in [-0.39, 0.29) is 19.4 Å².